The SMILES string of the molecule is Cc1cccc(-c2[nH]c(C)nc2C2=CC3=CNON3C=C2)n1. The number of allylic oxidation sites excluding steroid dienone is 3. The average Bonchev–Trinajstić information content (AvgIpc) is 3.12. The van der Waals surface area contributed by atoms with Crippen LogP contribution in [0.2, 0.25) is 0 Å². The molecule has 0 amide bonds. The smallest absolute Gasteiger partial charge is 0.104 e. The van der Waals surface area contributed by atoms with E-state index in [2.05, 4.69) is 20.4 Å². The number of pyridine rings is 1. The first kappa shape index (κ1) is 12.8. The molecule has 0 saturated heterocycles. The first-order chi connectivity index (χ1) is 10.7. The average molecular weight is 293 g/mol. The Morgan fingerprint density at radius 1 is 1.18 bits per heavy atom. The van der Waals surface area contributed by atoms with Gasteiger partial charge in [-0.05, 0) is 38.1 Å². The lowest BCUT2D eigenvalue weighted by Gasteiger charge is -2.16. The van der Waals surface area contributed by atoms with Gasteiger partial charge in [-0.1, -0.05) is 6.07 Å². The predicted molar refractivity (Wildman–Crippen MR) is 82.6 cm³/mol. The van der Waals surface area contributed by atoms with Crippen LogP contribution in [0.3, 0.4) is 0 Å². The van der Waals surface area contributed by atoms with Crippen molar-refractivity contribution in [2.75, 3.05) is 0 Å². The third-order valence-corrected chi connectivity index (χ3v) is 3.55. The molecule has 0 spiro atoms. The highest BCUT2D eigenvalue weighted by Crippen LogP contribution is 2.31. The molecule has 6 nitrogen and oxygen atoms in total. The molecule has 2 aliphatic rings. The number of fused-ring (bicyclic) bond motifs is 1. The fourth-order valence-electron chi connectivity index (χ4n) is 2.55. The number of rotatable bonds is 2. The van der Waals surface area contributed by atoms with Gasteiger partial charge >= 0.3 is 0 Å². The van der Waals surface area contributed by atoms with Gasteiger partial charge < -0.3 is 4.98 Å². The molecule has 0 aromatic carbocycles. The van der Waals surface area contributed by atoms with Crippen LogP contribution in [0.1, 0.15) is 17.2 Å². The summed E-state index contributed by atoms with van der Waals surface area (Å²) in [6, 6.07) is 5.97. The van der Waals surface area contributed by atoms with E-state index in [0.717, 1.165) is 39.9 Å². The number of aromatic amines is 1. The Labute approximate surface area is 127 Å². The van der Waals surface area contributed by atoms with E-state index in [0.29, 0.717) is 0 Å². The lowest BCUT2D eigenvalue weighted by molar-refractivity contribution is -0.112. The lowest BCUT2D eigenvalue weighted by Crippen LogP contribution is -2.15. The van der Waals surface area contributed by atoms with Gasteiger partial charge in [0.1, 0.15) is 5.82 Å². The number of hydroxylamine groups is 3. The molecule has 0 atom stereocenters. The Morgan fingerprint density at radius 3 is 2.95 bits per heavy atom. The van der Waals surface area contributed by atoms with Crippen molar-refractivity contribution in [1.29, 1.82) is 0 Å². The monoisotopic (exact) mass is 293 g/mol. The molecule has 0 saturated carbocycles. The van der Waals surface area contributed by atoms with Crippen LogP contribution in [-0.4, -0.2) is 20.0 Å². The Balaban J connectivity index is 1.82. The lowest BCUT2D eigenvalue weighted by atomic mass is 10.1. The van der Waals surface area contributed by atoms with Gasteiger partial charge in [0.15, 0.2) is 0 Å². The molecule has 2 aliphatic heterocycles. The van der Waals surface area contributed by atoms with Gasteiger partial charge in [-0.2, -0.15) is 4.94 Å². The molecule has 4 rings (SSSR count). The minimum absolute atomic E-state index is 0.861. The van der Waals surface area contributed by atoms with Crippen molar-refractivity contribution in [3.05, 3.63) is 65.7 Å². The zero-order valence-corrected chi connectivity index (χ0v) is 12.3. The van der Waals surface area contributed by atoms with Gasteiger partial charge in [0.25, 0.3) is 0 Å². The summed E-state index contributed by atoms with van der Waals surface area (Å²) < 4.78 is 0. The van der Waals surface area contributed by atoms with E-state index in [4.69, 9.17) is 4.94 Å². The van der Waals surface area contributed by atoms with E-state index in [1.165, 1.54) is 0 Å². The minimum Gasteiger partial charge on any atom is -0.340 e. The minimum atomic E-state index is 0.861. The predicted octanol–water partition coefficient (Wildman–Crippen LogP) is 2.59. The number of aryl methyl sites for hydroxylation is 2. The summed E-state index contributed by atoms with van der Waals surface area (Å²) in [6.45, 7) is 3.93. The molecule has 0 bridgehead atoms. The standard InChI is InChI=1S/C16H15N5O/c1-10-4-3-5-14(18-10)16-15(19-11(2)20-16)12-6-7-21-13(8-12)9-17-22-21/h3-9,17H,1-2H3,(H,19,20). The summed E-state index contributed by atoms with van der Waals surface area (Å²) in [4.78, 5) is 17.7. The molecular formula is C16H15N5O. The number of imidazole rings is 1. The summed E-state index contributed by atoms with van der Waals surface area (Å²) in [5.41, 5.74) is 8.35. The van der Waals surface area contributed by atoms with Crippen molar-refractivity contribution in [2.45, 2.75) is 13.8 Å². The van der Waals surface area contributed by atoms with Crippen molar-refractivity contribution < 1.29 is 4.94 Å². The maximum absolute atomic E-state index is 5.20. The highest BCUT2D eigenvalue weighted by atomic mass is 16.8. The number of nitrogens with one attached hydrogen (secondary N) is 2. The normalized spacial score (nSPS) is 16.2. The molecule has 2 aromatic heterocycles. The number of hydrogen-bond donors (Lipinski definition) is 2. The Morgan fingerprint density at radius 2 is 2.09 bits per heavy atom. The van der Waals surface area contributed by atoms with E-state index in [1.54, 1.807) is 11.3 Å². The zero-order chi connectivity index (χ0) is 15.1. The summed E-state index contributed by atoms with van der Waals surface area (Å²) in [7, 11) is 0. The van der Waals surface area contributed by atoms with Gasteiger partial charge in [0.05, 0.1) is 29.0 Å². The van der Waals surface area contributed by atoms with Crippen LogP contribution in [0.25, 0.3) is 17.0 Å². The van der Waals surface area contributed by atoms with Crippen molar-refractivity contribution in [3.63, 3.8) is 0 Å². The third-order valence-electron chi connectivity index (χ3n) is 3.55. The molecule has 6 heteroatoms. The maximum Gasteiger partial charge on any atom is 0.104 e. The number of hydrogen-bond acceptors (Lipinski definition) is 5. The highest BCUT2D eigenvalue weighted by Gasteiger charge is 2.21. The molecule has 0 aliphatic carbocycles. The molecule has 0 radical (unpaired) electrons. The summed E-state index contributed by atoms with van der Waals surface area (Å²) in [6.07, 6.45) is 7.65. The molecule has 0 fully saturated rings. The Bertz CT molecular complexity index is 831. The topological polar surface area (TPSA) is 66.1 Å². The zero-order valence-electron chi connectivity index (χ0n) is 12.3. The van der Waals surface area contributed by atoms with Crippen molar-refractivity contribution >= 4 is 5.57 Å². The van der Waals surface area contributed by atoms with Crippen molar-refractivity contribution in [3.8, 4) is 11.4 Å². The Kier molecular flexibility index (Phi) is 2.83. The van der Waals surface area contributed by atoms with E-state index in [1.807, 2.05) is 50.4 Å². The summed E-state index contributed by atoms with van der Waals surface area (Å²) >= 11 is 0. The number of aromatic nitrogens is 3. The second-order valence-electron chi connectivity index (χ2n) is 5.23. The van der Waals surface area contributed by atoms with E-state index >= 15 is 0 Å². The van der Waals surface area contributed by atoms with Crippen LogP contribution in [0.15, 0.2) is 48.4 Å². The van der Waals surface area contributed by atoms with Gasteiger partial charge in [0.2, 0.25) is 0 Å². The number of H-pyrrole nitrogens is 1. The molecule has 0 unspecified atom stereocenters. The van der Waals surface area contributed by atoms with Crippen molar-refractivity contribution in [2.24, 2.45) is 0 Å². The van der Waals surface area contributed by atoms with Gasteiger partial charge in [-0.25, -0.2) is 15.5 Å². The second kappa shape index (κ2) is 4.85. The molecule has 110 valence electrons. The van der Waals surface area contributed by atoms with E-state index in [9.17, 15) is 0 Å². The molecular weight excluding hydrogens is 278 g/mol. The van der Waals surface area contributed by atoms with Crippen LogP contribution in [0.4, 0.5) is 0 Å². The summed E-state index contributed by atoms with van der Waals surface area (Å²) in [5, 5.41) is 1.66. The molecule has 2 N–H and O–H groups in total. The fourth-order valence-corrected chi connectivity index (χ4v) is 2.55. The second-order valence-corrected chi connectivity index (χ2v) is 5.23. The van der Waals surface area contributed by atoms with E-state index < -0.39 is 0 Å². The highest BCUT2D eigenvalue weighted by molar-refractivity contribution is 5.83. The van der Waals surface area contributed by atoms with Crippen LogP contribution in [0.5, 0.6) is 0 Å². The first-order valence-electron chi connectivity index (χ1n) is 7.03. The quantitative estimate of drug-likeness (QED) is 0.891. The van der Waals surface area contributed by atoms with Gasteiger partial charge in [0, 0.05) is 17.5 Å². The summed E-state index contributed by atoms with van der Waals surface area (Å²) in [5.74, 6) is 0.861. The maximum atomic E-state index is 5.20. The molecule has 2 aromatic rings. The number of nitrogens with zero attached hydrogens (tertiary/aromatic N) is 3. The first-order valence-corrected chi connectivity index (χ1v) is 7.03. The van der Waals surface area contributed by atoms with Gasteiger partial charge in [-0.15, -0.1) is 0 Å². The van der Waals surface area contributed by atoms with Crippen LogP contribution in [-0.2, 0) is 4.94 Å². The van der Waals surface area contributed by atoms with Gasteiger partial charge in [-0.3, -0.25) is 4.98 Å². The Hall–Kier alpha value is -2.86. The van der Waals surface area contributed by atoms with Crippen LogP contribution < -0.4 is 5.48 Å². The van der Waals surface area contributed by atoms with Crippen molar-refractivity contribution in [1.82, 2.24) is 25.5 Å². The molecule has 4 heterocycles. The van der Waals surface area contributed by atoms with Crippen LogP contribution >= 0.6 is 0 Å². The largest absolute Gasteiger partial charge is 0.340 e. The van der Waals surface area contributed by atoms with Crippen LogP contribution in [0, 0.1) is 13.8 Å². The third kappa shape index (κ3) is 2.10. The van der Waals surface area contributed by atoms with E-state index in [-0.39, 0.29) is 0 Å². The fraction of sp³-hybridized carbons (Fsp3) is 0.125. The molecule has 22 heavy (non-hydrogen) atoms.